The van der Waals surface area contributed by atoms with Crippen molar-refractivity contribution in [3.05, 3.63) is 16.6 Å². The Bertz CT molecular complexity index is 495. The number of aliphatic imine (C=N–C) groups is 1. The molecule has 0 saturated heterocycles. The van der Waals surface area contributed by atoms with E-state index in [-0.39, 0.29) is 11.1 Å². The molecular formula is C15H23N3S2. The molecule has 1 aromatic rings. The fourth-order valence-electron chi connectivity index (χ4n) is 3.26. The van der Waals surface area contributed by atoms with Crippen molar-refractivity contribution in [1.29, 1.82) is 0 Å². The Hall–Kier alpha value is -0.550. The van der Waals surface area contributed by atoms with Crippen molar-refractivity contribution in [1.82, 2.24) is 10.3 Å². The Balaban J connectivity index is 1.73. The minimum Gasteiger partial charge on any atom is -0.354 e. The van der Waals surface area contributed by atoms with E-state index in [1.165, 1.54) is 25.7 Å². The van der Waals surface area contributed by atoms with Crippen LogP contribution in [0.1, 0.15) is 51.5 Å². The van der Waals surface area contributed by atoms with E-state index in [0.29, 0.717) is 0 Å². The van der Waals surface area contributed by atoms with Crippen molar-refractivity contribution in [3.63, 3.8) is 0 Å². The van der Waals surface area contributed by atoms with Gasteiger partial charge in [0.1, 0.15) is 5.01 Å². The summed E-state index contributed by atoms with van der Waals surface area (Å²) in [6.07, 6.45) is 7.08. The van der Waals surface area contributed by atoms with Crippen LogP contribution in [0.4, 0.5) is 0 Å². The van der Waals surface area contributed by atoms with Crippen LogP contribution in [0.25, 0.3) is 0 Å². The predicted octanol–water partition coefficient (Wildman–Crippen LogP) is 4.02. The highest BCUT2D eigenvalue weighted by molar-refractivity contribution is 8.14. The van der Waals surface area contributed by atoms with Gasteiger partial charge in [-0.1, -0.05) is 31.5 Å². The summed E-state index contributed by atoms with van der Waals surface area (Å²) in [6.45, 7) is 6.73. The largest absolute Gasteiger partial charge is 0.354 e. The van der Waals surface area contributed by atoms with E-state index in [1.807, 2.05) is 23.3 Å². The summed E-state index contributed by atoms with van der Waals surface area (Å²) in [5.41, 5.74) is 0.0788. The first kappa shape index (κ1) is 14.4. The minimum atomic E-state index is -0.133. The lowest BCUT2D eigenvalue weighted by atomic mass is 9.78. The van der Waals surface area contributed by atoms with Crippen molar-refractivity contribution < 1.29 is 0 Å². The fourth-order valence-corrected chi connectivity index (χ4v) is 5.30. The Morgan fingerprint density at radius 2 is 2.30 bits per heavy atom. The highest BCUT2D eigenvalue weighted by atomic mass is 32.2. The Morgan fingerprint density at radius 1 is 1.45 bits per heavy atom. The summed E-state index contributed by atoms with van der Waals surface area (Å²) < 4.78 is 0. The van der Waals surface area contributed by atoms with Crippen LogP contribution < -0.4 is 5.32 Å². The Kier molecular flexibility index (Phi) is 3.84. The molecule has 3 rings (SSSR count). The van der Waals surface area contributed by atoms with E-state index in [9.17, 15) is 0 Å². The van der Waals surface area contributed by atoms with Gasteiger partial charge in [-0.25, -0.2) is 4.98 Å². The normalized spacial score (nSPS) is 30.6. The van der Waals surface area contributed by atoms with Gasteiger partial charge in [-0.2, -0.15) is 0 Å². The van der Waals surface area contributed by atoms with Crippen LogP contribution in [0.5, 0.6) is 0 Å². The van der Waals surface area contributed by atoms with Crippen molar-refractivity contribution in [3.8, 4) is 0 Å². The lowest BCUT2D eigenvalue weighted by Crippen LogP contribution is -2.39. The predicted molar refractivity (Wildman–Crippen MR) is 88.5 cm³/mol. The number of aromatic nitrogens is 1. The maximum absolute atomic E-state index is 5.07. The summed E-state index contributed by atoms with van der Waals surface area (Å²) in [7, 11) is 0. The van der Waals surface area contributed by atoms with Gasteiger partial charge in [0.15, 0.2) is 5.17 Å². The molecule has 3 nitrogen and oxygen atoms in total. The Labute approximate surface area is 129 Å². The van der Waals surface area contributed by atoms with Gasteiger partial charge in [-0.05, 0) is 32.6 Å². The van der Waals surface area contributed by atoms with E-state index < -0.39 is 0 Å². The van der Waals surface area contributed by atoms with Crippen molar-refractivity contribution >= 4 is 28.3 Å². The standard InChI is InChI=1S/C15H23N3S2/c1-11-5-4-6-15(9-11)10-20-13(18-15)17-14(2,3)12-16-7-8-19-12/h7-8,11H,4-6,9-10H2,1-3H3,(H,17,18). The van der Waals surface area contributed by atoms with Crippen molar-refractivity contribution in [2.45, 2.75) is 57.5 Å². The number of hydrogen-bond donors (Lipinski definition) is 1. The number of amidine groups is 1. The monoisotopic (exact) mass is 309 g/mol. The molecule has 1 N–H and O–H groups in total. The van der Waals surface area contributed by atoms with Crippen molar-refractivity contribution in [2.75, 3.05) is 5.75 Å². The molecule has 2 atom stereocenters. The molecule has 0 amide bonds. The molecule has 1 saturated carbocycles. The first-order valence-corrected chi connectivity index (χ1v) is 9.26. The lowest BCUT2D eigenvalue weighted by molar-refractivity contribution is 0.265. The molecule has 0 radical (unpaired) electrons. The number of nitrogens with one attached hydrogen (secondary N) is 1. The lowest BCUT2D eigenvalue weighted by Gasteiger charge is -2.33. The highest BCUT2D eigenvalue weighted by Gasteiger charge is 2.40. The van der Waals surface area contributed by atoms with Crippen molar-refractivity contribution in [2.24, 2.45) is 10.9 Å². The third-order valence-electron chi connectivity index (χ3n) is 4.27. The average Bonchev–Trinajstić information content (AvgIpc) is 3.00. The molecule has 5 heteroatoms. The molecule has 2 aliphatic rings. The zero-order valence-corrected chi connectivity index (χ0v) is 14.1. The molecule has 1 aliphatic heterocycles. The fraction of sp³-hybridized carbons (Fsp3) is 0.733. The molecular weight excluding hydrogens is 286 g/mol. The number of rotatable bonds is 2. The number of hydrogen-bond acceptors (Lipinski definition) is 5. The summed E-state index contributed by atoms with van der Waals surface area (Å²) in [6, 6.07) is 0. The molecule has 2 heterocycles. The molecule has 0 bridgehead atoms. The van der Waals surface area contributed by atoms with Gasteiger partial charge in [0.25, 0.3) is 0 Å². The highest BCUT2D eigenvalue weighted by Crippen LogP contribution is 2.42. The molecule has 110 valence electrons. The molecule has 1 aromatic heterocycles. The number of thiazole rings is 1. The second-order valence-corrected chi connectivity index (χ2v) is 8.58. The second-order valence-electron chi connectivity index (χ2n) is 6.72. The van der Waals surface area contributed by atoms with Crippen LogP contribution >= 0.6 is 23.1 Å². The van der Waals surface area contributed by atoms with E-state index in [2.05, 4.69) is 31.1 Å². The quantitative estimate of drug-likeness (QED) is 0.896. The zero-order chi connectivity index (χ0) is 14.2. The first-order valence-electron chi connectivity index (χ1n) is 7.40. The molecule has 1 aliphatic carbocycles. The van der Waals surface area contributed by atoms with Gasteiger partial charge < -0.3 is 5.32 Å². The van der Waals surface area contributed by atoms with Crippen LogP contribution in [-0.4, -0.2) is 21.4 Å². The van der Waals surface area contributed by atoms with E-state index in [0.717, 1.165) is 21.8 Å². The van der Waals surface area contributed by atoms with Crippen LogP contribution in [0, 0.1) is 5.92 Å². The molecule has 20 heavy (non-hydrogen) atoms. The first-order chi connectivity index (χ1) is 9.49. The van der Waals surface area contributed by atoms with Crippen LogP contribution in [0.3, 0.4) is 0 Å². The maximum atomic E-state index is 5.07. The summed E-state index contributed by atoms with van der Waals surface area (Å²) >= 11 is 3.59. The third kappa shape index (κ3) is 2.89. The third-order valence-corrected chi connectivity index (χ3v) is 6.52. The minimum absolute atomic E-state index is 0.133. The topological polar surface area (TPSA) is 37.3 Å². The molecule has 1 spiro atoms. The van der Waals surface area contributed by atoms with Gasteiger partial charge in [0, 0.05) is 17.3 Å². The average molecular weight is 310 g/mol. The van der Waals surface area contributed by atoms with Gasteiger partial charge >= 0.3 is 0 Å². The summed E-state index contributed by atoms with van der Waals surface area (Å²) in [5, 5.41) is 7.87. The molecule has 2 unspecified atom stereocenters. The molecule has 1 fully saturated rings. The number of nitrogens with zero attached hydrogens (tertiary/aromatic N) is 2. The SMILES string of the molecule is CC1CCCC2(CSC(NC(C)(C)c3nccs3)=N2)C1. The second kappa shape index (κ2) is 5.34. The van der Waals surface area contributed by atoms with Gasteiger partial charge in [0.05, 0.1) is 11.1 Å². The summed E-state index contributed by atoms with van der Waals surface area (Å²) in [5.74, 6) is 1.97. The molecule has 0 aromatic carbocycles. The zero-order valence-electron chi connectivity index (χ0n) is 12.5. The van der Waals surface area contributed by atoms with E-state index in [4.69, 9.17) is 4.99 Å². The van der Waals surface area contributed by atoms with Crippen LogP contribution in [-0.2, 0) is 5.54 Å². The van der Waals surface area contributed by atoms with Gasteiger partial charge in [-0.3, -0.25) is 4.99 Å². The van der Waals surface area contributed by atoms with Crippen LogP contribution in [0.2, 0.25) is 0 Å². The number of thioether (sulfide) groups is 1. The smallest absolute Gasteiger partial charge is 0.157 e. The Morgan fingerprint density at radius 3 is 3.00 bits per heavy atom. The van der Waals surface area contributed by atoms with E-state index in [1.54, 1.807) is 11.3 Å². The van der Waals surface area contributed by atoms with E-state index >= 15 is 0 Å². The van der Waals surface area contributed by atoms with Gasteiger partial charge in [-0.15, -0.1) is 11.3 Å². The maximum Gasteiger partial charge on any atom is 0.157 e. The summed E-state index contributed by atoms with van der Waals surface area (Å²) in [4.78, 5) is 9.51. The van der Waals surface area contributed by atoms with Gasteiger partial charge in [0.2, 0.25) is 0 Å². The van der Waals surface area contributed by atoms with Crippen LogP contribution in [0.15, 0.2) is 16.6 Å².